The first-order chi connectivity index (χ1) is 17.6. The van der Waals surface area contributed by atoms with Gasteiger partial charge in [-0.25, -0.2) is 4.99 Å². The van der Waals surface area contributed by atoms with Crippen molar-refractivity contribution in [1.82, 2.24) is 4.90 Å². The summed E-state index contributed by atoms with van der Waals surface area (Å²) < 4.78 is 0. The van der Waals surface area contributed by atoms with Gasteiger partial charge in [0, 0.05) is 18.5 Å². The summed E-state index contributed by atoms with van der Waals surface area (Å²) >= 11 is 2.92. The number of nitrogens with zero attached hydrogens (tertiary/aromatic N) is 4. The van der Waals surface area contributed by atoms with E-state index in [-0.39, 0.29) is 12.5 Å². The molecule has 5 rings (SSSR count). The van der Waals surface area contributed by atoms with E-state index >= 15 is 0 Å². The number of carbonyl (C=O) groups excluding carboxylic acids is 1. The predicted octanol–water partition coefficient (Wildman–Crippen LogP) is 5.14. The first-order valence-electron chi connectivity index (χ1n) is 11.3. The topological polar surface area (TPSA) is 92.0 Å². The number of nitrogens with one attached hydrogen (secondary N) is 1. The fraction of sp³-hybridized carbons (Fsp3) is 0.148. The summed E-state index contributed by atoms with van der Waals surface area (Å²) in [6.07, 6.45) is 0. The van der Waals surface area contributed by atoms with Gasteiger partial charge < -0.3 is 15.3 Å². The molecule has 2 aliphatic rings. The number of amides is 1. The van der Waals surface area contributed by atoms with Crippen molar-refractivity contribution in [1.29, 1.82) is 5.26 Å². The molecule has 36 heavy (non-hydrogen) atoms. The van der Waals surface area contributed by atoms with Gasteiger partial charge in [-0.3, -0.25) is 9.69 Å². The summed E-state index contributed by atoms with van der Waals surface area (Å²) in [4.78, 5) is 24.1. The van der Waals surface area contributed by atoms with E-state index in [0.717, 1.165) is 21.2 Å². The number of nitriles is 1. The third kappa shape index (κ3) is 4.71. The minimum atomic E-state index is -0.105. The van der Waals surface area contributed by atoms with Gasteiger partial charge in [-0.1, -0.05) is 54.2 Å². The Morgan fingerprint density at radius 1 is 1.06 bits per heavy atom. The lowest BCUT2D eigenvalue weighted by atomic mass is 10.2. The number of aliphatic imine (C=N–C) groups is 1. The number of anilines is 2. The zero-order chi connectivity index (χ0) is 25.1. The number of carbonyl (C=O) groups is 1. The molecule has 0 unspecified atom stereocenters. The Kier molecular flexibility index (Phi) is 7.00. The van der Waals surface area contributed by atoms with Crippen LogP contribution in [0.25, 0.3) is 0 Å². The van der Waals surface area contributed by atoms with Crippen molar-refractivity contribution in [3.8, 4) is 6.07 Å². The van der Waals surface area contributed by atoms with Crippen LogP contribution in [0, 0.1) is 11.3 Å². The van der Waals surface area contributed by atoms with Gasteiger partial charge >= 0.3 is 0 Å². The summed E-state index contributed by atoms with van der Waals surface area (Å²) in [6.45, 7) is 0.684. The van der Waals surface area contributed by atoms with Gasteiger partial charge in [0.25, 0.3) is 5.91 Å². The highest BCUT2D eigenvalue weighted by molar-refractivity contribution is 8.19. The van der Waals surface area contributed by atoms with E-state index < -0.39 is 0 Å². The van der Waals surface area contributed by atoms with E-state index in [1.807, 2.05) is 55.6 Å². The fourth-order valence-electron chi connectivity index (χ4n) is 3.96. The zero-order valence-corrected chi connectivity index (χ0v) is 21.1. The maximum atomic E-state index is 13.8. The van der Waals surface area contributed by atoms with Crippen molar-refractivity contribution < 1.29 is 9.90 Å². The lowest BCUT2D eigenvalue weighted by Gasteiger charge is -2.17. The molecule has 0 spiro atoms. The van der Waals surface area contributed by atoms with Crippen molar-refractivity contribution in [2.75, 3.05) is 30.4 Å². The van der Waals surface area contributed by atoms with Gasteiger partial charge in [0.15, 0.2) is 5.17 Å². The molecule has 0 saturated carbocycles. The fourth-order valence-corrected chi connectivity index (χ4v) is 6.30. The highest BCUT2D eigenvalue weighted by atomic mass is 32.2. The molecule has 2 heterocycles. The molecular formula is C27H23N5O2S2. The van der Waals surface area contributed by atoms with Crippen LogP contribution in [0.4, 0.5) is 17.1 Å². The molecule has 9 heteroatoms. The molecule has 0 aliphatic carbocycles. The van der Waals surface area contributed by atoms with E-state index in [1.165, 1.54) is 11.8 Å². The zero-order valence-electron chi connectivity index (χ0n) is 19.5. The molecule has 0 bridgehead atoms. The van der Waals surface area contributed by atoms with E-state index in [0.29, 0.717) is 40.1 Å². The molecule has 7 nitrogen and oxygen atoms in total. The van der Waals surface area contributed by atoms with E-state index in [4.69, 9.17) is 4.99 Å². The number of amidine groups is 1. The van der Waals surface area contributed by atoms with Gasteiger partial charge in [-0.2, -0.15) is 5.26 Å². The number of aliphatic hydroxyl groups is 1. The minimum absolute atomic E-state index is 0.0380. The maximum Gasteiger partial charge on any atom is 0.269 e. The van der Waals surface area contributed by atoms with Gasteiger partial charge in [0.1, 0.15) is 4.91 Å². The molecular weight excluding hydrogens is 490 g/mol. The van der Waals surface area contributed by atoms with Gasteiger partial charge in [0.05, 0.1) is 46.9 Å². The first-order valence-corrected chi connectivity index (χ1v) is 13.0. The standard InChI is InChI=1S/C27H23N5O2S2/c1-31-22-9-5-6-10-23(22)35-26(31)24-25(34)32(17-18-7-3-2-4-8-18)27(36-24)30-21-15-19(16-28)11-12-20(21)29-13-14-33/h2-12,15,29,33H,13-14,17H2,1H3/b26-24-,30-27?. The largest absolute Gasteiger partial charge is 0.395 e. The Morgan fingerprint density at radius 2 is 1.83 bits per heavy atom. The minimum Gasteiger partial charge on any atom is -0.395 e. The van der Waals surface area contributed by atoms with Crippen LogP contribution in [-0.4, -0.2) is 41.3 Å². The molecule has 3 aromatic carbocycles. The van der Waals surface area contributed by atoms with Crippen LogP contribution in [0.1, 0.15) is 11.1 Å². The Balaban J connectivity index is 1.58. The first kappa shape index (κ1) is 24.0. The Morgan fingerprint density at radius 3 is 2.58 bits per heavy atom. The Bertz CT molecular complexity index is 1420. The highest BCUT2D eigenvalue weighted by Crippen LogP contribution is 2.50. The van der Waals surface area contributed by atoms with Crippen LogP contribution < -0.4 is 10.2 Å². The van der Waals surface area contributed by atoms with Crippen molar-refractivity contribution in [3.63, 3.8) is 0 Å². The predicted molar refractivity (Wildman–Crippen MR) is 146 cm³/mol. The van der Waals surface area contributed by atoms with Crippen LogP contribution in [0.5, 0.6) is 0 Å². The second-order valence-corrected chi connectivity index (χ2v) is 10.1. The lowest BCUT2D eigenvalue weighted by Crippen LogP contribution is -2.29. The van der Waals surface area contributed by atoms with E-state index in [2.05, 4.69) is 22.4 Å². The third-order valence-electron chi connectivity index (χ3n) is 5.75. The van der Waals surface area contributed by atoms with Gasteiger partial charge in [-0.15, -0.1) is 0 Å². The Hall–Kier alpha value is -3.71. The molecule has 2 N–H and O–H groups in total. The number of aliphatic hydroxyl groups excluding tert-OH is 1. The van der Waals surface area contributed by atoms with E-state index in [9.17, 15) is 15.2 Å². The van der Waals surface area contributed by atoms with Crippen molar-refractivity contribution in [3.05, 3.63) is 93.9 Å². The molecule has 0 aromatic heterocycles. The summed E-state index contributed by atoms with van der Waals surface area (Å²) in [6, 6.07) is 25.2. The van der Waals surface area contributed by atoms with Gasteiger partial charge in [-0.05, 0) is 47.7 Å². The smallest absolute Gasteiger partial charge is 0.269 e. The molecule has 2 aliphatic heterocycles. The van der Waals surface area contributed by atoms with Gasteiger partial charge in [0.2, 0.25) is 0 Å². The van der Waals surface area contributed by atoms with Crippen LogP contribution in [0.15, 0.2) is 92.6 Å². The molecule has 3 aromatic rings. The summed E-state index contributed by atoms with van der Waals surface area (Å²) in [5.74, 6) is -0.105. The number of fused-ring (bicyclic) bond motifs is 1. The summed E-state index contributed by atoms with van der Waals surface area (Å²) in [5, 5.41) is 23.3. The van der Waals surface area contributed by atoms with Crippen molar-refractivity contribution >= 4 is 51.7 Å². The second-order valence-electron chi connectivity index (χ2n) is 8.13. The lowest BCUT2D eigenvalue weighted by molar-refractivity contribution is -0.122. The van der Waals surface area contributed by atoms with Crippen molar-refractivity contribution in [2.24, 2.45) is 4.99 Å². The molecule has 1 fully saturated rings. The highest BCUT2D eigenvalue weighted by Gasteiger charge is 2.39. The number of benzene rings is 3. The third-order valence-corrected chi connectivity index (χ3v) is 8.18. The van der Waals surface area contributed by atoms with Crippen LogP contribution >= 0.6 is 23.5 Å². The van der Waals surface area contributed by atoms with Crippen LogP contribution in [-0.2, 0) is 11.3 Å². The average molecular weight is 514 g/mol. The normalized spacial score (nSPS) is 18.0. The number of hydrogen-bond acceptors (Lipinski definition) is 8. The van der Waals surface area contributed by atoms with Crippen LogP contribution in [0.3, 0.4) is 0 Å². The number of thioether (sulfide) groups is 2. The summed E-state index contributed by atoms with van der Waals surface area (Å²) in [7, 11) is 1.97. The molecule has 0 atom stereocenters. The average Bonchev–Trinajstić information content (AvgIpc) is 3.40. The van der Waals surface area contributed by atoms with Crippen LogP contribution in [0.2, 0.25) is 0 Å². The maximum absolute atomic E-state index is 13.8. The molecule has 180 valence electrons. The SMILES string of the molecule is CN1/C(=C2/SC(=Nc3cc(C#N)ccc3NCCO)N(Cc3ccccc3)C2=O)Sc2ccccc21. The molecule has 1 amide bonds. The Labute approximate surface area is 218 Å². The second kappa shape index (κ2) is 10.5. The summed E-state index contributed by atoms with van der Waals surface area (Å²) in [5.41, 5.74) is 3.75. The van der Waals surface area contributed by atoms with E-state index in [1.54, 1.807) is 34.9 Å². The molecule has 0 radical (unpaired) electrons. The number of para-hydroxylation sites is 1. The monoisotopic (exact) mass is 513 g/mol. The quantitative estimate of drug-likeness (QED) is 0.441. The number of hydrogen-bond donors (Lipinski definition) is 2. The molecule has 1 saturated heterocycles. The number of rotatable bonds is 6. The van der Waals surface area contributed by atoms with Crippen molar-refractivity contribution in [2.45, 2.75) is 11.4 Å².